The number of rotatable bonds is 2. The Labute approximate surface area is 86.9 Å². The fraction of sp³-hybridized carbons (Fsp3) is 0.700. The summed E-state index contributed by atoms with van der Waals surface area (Å²) < 4.78 is 5.54. The van der Waals surface area contributed by atoms with Gasteiger partial charge in [-0.1, -0.05) is 20.3 Å². The maximum absolute atomic E-state index is 5.54. The number of aromatic nitrogens is 1. The van der Waals surface area contributed by atoms with E-state index in [2.05, 4.69) is 34.8 Å². The predicted molar refractivity (Wildman–Crippen MR) is 54.9 cm³/mol. The van der Waals surface area contributed by atoms with Crippen LogP contribution in [0.5, 0.6) is 0 Å². The molecule has 2 rings (SSSR count). The quantitative estimate of drug-likeness (QED) is 0.790. The smallest absolute Gasteiger partial charge is 0.264 e. The zero-order valence-electron chi connectivity index (χ0n) is 8.01. The third-order valence-electron chi connectivity index (χ3n) is 2.67. The standard InChI is InChI=1S/C10H14BrNO/c1-6(2)9-8(7-4-3-5-7)12-10(11)13-9/h6-7H,3-5H2,1-2H3. The minimum atomic E-state index is 0.439. The summed E-state index contributed by atoms with van der Waals surface area (Å²) in [6.07, 6.45) is 3.89. The molecule has 1 aromatic heterocycles. The molecule has 1 aliphatic carbocycles. The van der Waals surface area contributed by atoms with Crippen LogP contribution in [0, 0.1) is 0 Å². The second-order valence-electron chi connectivity index (χ2n) is 4.00. The number of oxazole rings is 1. The van der Waals surface area contributed by atoms with E-state index in [0.29, 0.717) is 16.6 Å². The molecule has 0 radical (unpaired) electrons. The van der Waals surface area contributed by atoms with Crippen molar-refractivity contribution in [3.8, 4) is 0 Å². The summed E-state index contributed by atoms with van der Waals surface area (Å²) in [5.41, 5.74) is 1.19. The molecule has 0 N–H and O–H groups in total. The van der Waals surface area contributed by atoms with Crippen molar-refractivity contribution >= 4 is 15.9 Å². The van der Waals surface area contributed by atoms with Crippen molar-refractivity contribution in [3.63, 3.8) is 0 Å². The molecule has 13 heavy (non-hydrogen) atoms. The first-order chi connectivity index (χ1) is 6.18. The van der Waals surface area contributed by atoms with E-state index in [1.165, 1.54) is 25.0 Å². The van der Waals surface area contributed by atoms with Crippen molar-refractivity contribution in [2.45, 2.75) is 44.9 Å². The second kappa shape index (κ2) is 3.45. The van der Waals surface area contributed by atoms with Gasteiger partial charge in [-0.05, 0) is 12.8 Å². The van der Waals surface area contributed by atoms with E-state index >= 15 is 0 Å². The van der Waals surface area contributed by atoms with Crippen LogP contribution >= 0.6 is 15.9 Å². The summed E-state index contributed by atoms with van der Waals surface area (Å²) in [7, 11) is 0. The molecule has 0 unspecified atom stereocenters. The number of halogens is 1. The Morgan fingerprint density at radius 2 is 2.15 bits per heavy atom. The first-order valence-electron chi connectivity index (χ1n) is 4.84. The van der Waals surface area contributed by atoms with Crippen LogP contribution < -0.4 is 0 Å². The summed E-state index contributed by atoms with van der Waals surface area (Å²) in [6, 6.07) is 0. The third kappa shape index (κ3) is 1.66. The average molecular weight is 244 g/mol. The van der Waals surface area contributed by atoms with Crippen LogP contribution in [0.3, 0.4) is 0 Å². The van der Waals surface area contributed by atoms with E-state index < -0.39 is 0 Å². The van der Waals surface area contributed by atoms with E-state index in [-0.39, 0.29) is 0 Å². The lowest BCUT2D eigenvalue weighted by Crippen LogP contribution is -2.11. The molecule has 0 aromatic carbocycles. The molecule has 1 aromatic rings. The van der Waals surface area contributed by atoms with Crippen LogP contribution in [0.2, 0.25) is 0 Å². The van der Waals surface area contributed by atoms with Gasteiger partial charge < -0.3 is 4.42 Å². The normalized spacial score (nSPS) is 17.8. The SMILES string of the molecule is CC(C)c1oc(Br)nc1C1CCC1. The van der Waals surface area contributed by atoms with Gasteiger partial charge >= 0.3 is 0 Å². The molecule has 0 amide bonds. The molecular weight excluding hydrogens is 230 g/mol. The zero-order chi connectivity index (χ0) is 9.42. The Kier molecular flexibility index (Phi) is 2.45. The van der Waals surface area contributed by atoms with Gasteiger partial charge in [0.05, 0.1) is 5.69 Å². The van der Waals surface area contributed by atoms with Crippen molar-refractivity contribution in [3.05, 3.63) is 16.3 Å². The maximum Gasteiger partial charge on any atom is 0.264 e. The average Bonchev–Trinajstić information content (AvgIpc) is 2.27. The van der Waals surface area contributed by atoms with Gasteiger partial charge in [0.25, 0.3) is 4.80 Å². The molecule has 72 valence electrons. The van der Waals surface area contributed by atoms with Crippen molar-refractivity contribution in [2.24, 2.45) is 0 Å². The Morgan fingerprint density at radius 1 is 1.46 bits per heavy atom. The molecule has 1 heterocycles. The molecule has 0 saturated heterocycles. The number of hydrogen-bond acceptors (Lipinski definition) is 2. The summed E-state index contributed by atoms with van der Waals surface area (Å²) >= 11 is 3.30. The van der Waals surface area contributed by atoms with Crippen LogP contribution in [-0.2, 0) is 0 Å². The van der Waals surface area contributed by atoms with E-state index in [0.717, 1.165) is 5.76 Å². The lowest BCUT2D eigenvalue weighted by molar-refractivity contribution is 0.396. The second-order valence-corrected chi connectivity index (χ2v) is 4.68. The van der Waals surface area contributed by atoms with E-state index in [9.17, 15) is 0 Å². The molecule has 1 saturated carbocycles. The van der Waals surface area contributed by atoms with Crippen LogP contribution in [0.1, 0.15) is 56.4 Å². The highest BCUT2D eigenvalue weighted by Gasteiger charge is 2.27. The Hall–Kier alpha value is -0.310. The van der Waals surface area contributed by atoms with Gasteiger partial charge in [0.2, 0.25) is 0 Å². The Balaban J connectivity index is 2.31. The molecule has 2 nitrogen and oxygen atoms in total. The lowest BCUT2D eigenvalue weighted by Gasteiger charge is -2.24. The van der Waals surface area contributed by atoms with Gasteiger partial charge in [0.1, 0.15) is 5.76 Å². The summed E-state index contributed by atoms with van der Waals surface area (Å²) in [6.45, 7) is 4.30. The molecule has 1 aliphatic rings. The number of nitrogens with zero attached hydrogens (tertiary/aromatic N) is 1. The Bertz CT molecular complexity index is 302. The van der Waals surface area contributed by atoms with Gasteiger partial charge in [0, 0.05) is 27.8 Å². The molecule has 3 heteroatoms. The van der Waals surface area contributed by atoms with E-state index in [1.807, 2.05) is 0 Å². The monoisotopic (exact) mass is 243 g/mol. The summed E-state index contributed by atoms with van der Waals surface area (Å²) in [5.74, 6) is 2.17. The molecule has 0 bridgehead atoms. The Morgan fingerprint density at radius 3 is 2.62 bits per heavy atom. The zero-order valence-corrected chi connectivity index (χ0v) is 9.60. The molecule has 0 atom stereocenters. The number of hydrogen-bond donors (Lipinski definition) is 0. The van der Waals surface area contributed by atoms with Crippen LogP contribution in [0.4, 0.5) is 0 Å². The highest BCUT2D eigenvalue weighted by Crippen LogP contribution is 2.40. The van der Waals surface area contributed by atoms with Crippen molar-refractivity contribution < 1.29 is 4.42 Å². The van der Waals surface area contributed by atoms with Crippen molar-refractivity contribution in [1.82, 2.24) is 4.98 Å². The molecule has 0 spiro atoms. The topological polar surface area (TPSA) is 26.0 Å². The largest absolute Gasteiger partial charge is 0.436 e. The van der Waals surface area contributed by atoms with Crippen LogP contribution in [0.25, 0.3) is 0 Å². The highest BCUT2D eigenvalue weighted by atomic mass is 79.9. The van der Waals surface area contributed by atoms with Gasteiger partial charge in [-0.3, -0.25) is 0 Å². The van der Waals surface area contributed by atoms with Gasteiger partial charge in [-0.2, -0.15) is 0 Å². The third-order valence-corrected chi connectivity index (χ3v) is 3.01. The van der Waals surface area contributed by atoms with E-state index in [1.54, 1.807) is 0 Å². The summed E-state index contributed by atoms with van der Waals surface area (Å²) in [4.78, 5) is 5.04. The molecule has 1 fully saturated rings. The van der Waals surface area contributed by atoms with Gasteiger partial charge in [-0.25, -0.2) is 4.98 Å². The summed E-state index contributed by atoms with van der Waals surface area (Å²) in [5, 5.41) is 0. The maximum atomic E-state index is 5.54. The fourth-order valence-corrected chi connectivity index (χ4v) is 2.07. The van der Waals surface area contributed by atoms with Gasteiger partial charge in [0.15, 0.2) is 0 Å². The highest BCUT2D eigenvalue weighted by molar-refractivity contribution is 9.10. The first kappa shape index (κ1) is 9.25. The van der Waals surface area contributed by atoms with E-state index in [4.69, 9.17) is 4.42 Å². The van der Waals surface area contributed by atoms with Crippen LogP contribution in [0.15, 0.2) is 9.22 Å². The minimum Gasteiger partial charge on any atom is -0.436 e. The van der Waals surface area contributed by atoms with Gasteiger partial charge in [-0.15, -0.1) is 0 Å². The minimum absolute atomic E-state index is 0.439. The van der Waals surface area contributed by atoms with Crippen molar-refractivity contribution in [1.29, 1.82) is 0 Å². The van der Waals surface area contributed by atoms with Crippen LogP contribution in [-0.4, -0.2) is 4.98 Å². The fourth-order valence-electron chi connectivity index (χ4n) is 1.70. The predicted octanol–water partition coefficient (Wildman–Crippen LogP) is 3.83. The molecule has 0 aliphatic heterocycles. The first-order valence-corrected chi connectivity index (χ1v) is 5.64. The molecular formula is C10H14BrNO. The van der Waals surface area contributed by atoms with Crippen molar-refractivity contribution in [2.75, 3.05) is 0 Å². The lowest BCUT2D eigenvalue weighted by atomic mass is 9.81.